The van der Waals surface area contributed by atoms with E-state index in [0.717, 1.165) is 22.7 Å². The van der Waals surface area contributed by atoms with Crippen LogP contribution < -0.4 is 4.90 Å². The molecule has 1 heterocycles. The number of halogens is 1. The van der Waals surface area contributed by atoms with E-state index in [1.165, 1.54) is 5.56 Å². The van der Waals surface area contributed by atoms with E-state index in [9.17, 15) is 4.79 Å². The molecule has 0 radical (unpaired) electrons. The number of aryl methyl sites for hydroxylation is 1. The summed E-state index contributed by atoms with van der Waals surface area (Å²) < 4.78 is 0. The average molecular weight is 210 g/mol. The first-order chi connectivity index (χ1) is 6.61. The Morgan fingerprint density at radius 3 is 2.79 bits per heavy atom. The Labute approximate surface area is 88.5 Å². The third-order valence-corrected chi connectivity index (χ3v) is 3.18. The molecule has 1 aliphatic heterocycles. The van der Waals surface area contributed by atoms with Gasteiger partial charge in [-0.15, -0.1) is 0 Å². The topological polar surface area (TPSA) is 20.3 Å². The van der Waals surface area contributed by atoms with Gasteiger partial charge in [-0.3, -0.25) is 4.79 Å². The number of amides is 1. The third kappa shape index (κ3) is 1.30. The van der Waals surface area contributed by atoms with Crippen molar-refractivity contribution in [3.63, 3.8) is 0 Å². The lowest BCUT2D eigenvalue weighted by Crippen LogP contribution is -2.31. The molecule has 0 aromatic heterocycles. The minimum absolute atomic E-state index is 0.169. The lowest BCUT2D eigenvalue weighted by Gasteiger charge is -2.27. The molecule has 0 saturated carbocycles. The molecule has 1 aliphatic rings. The molecule has 0 N–H and O–H groups in total. The van der Waals surface area contributed by atoms with Gasteiger partial charge in [0.2, 0.25) is 5.91 Å². The molecule has 74 valence electrons. The zero-order chi connectivity index (χ0) is 10.3. The smallest absolute Gasteiger partial charge is 0.227 e. The van der Waals surface area contributed by atoms with Gasteiger partial charge in [0, 0.05) is 18.5 Å². The molecule has 1 aromatic carbocycles. The first-order valence-corrected chi connectivity index (χ1v) is 5.03. The van der Waals surface area contributed by atoms with Crippen molar-refractivity contribution in [2.45, 2.75) is 19.8 Å². The Morgan fingerprint density at radius 2 is 2.07 bits per heavy atom. The van der Waals surface area contributed by atoms with Gasteiger partial charge in [0.25, 0.3) is 0 Å². The number of carbonyl (C=O) groups excluding carboxylic acids is 1. The maximum Gasteiger partial charge on any atom is 0.227 e. The molecule has 0 fully saturated rings. The van der Waals surface area contributed by atoms with Crippen LogP contribution in [-0.4, -0.2) is 13.0 Å². The number of rotatable bonds is 0. The van der Waals surface area contributed by atoms with Gasteiger partial charge >= 0.3 is 0 Å². The molecule has 14 heavy (non-hydrogen) atoms. The summed E-state index contributed by atoms with van der Waals surface area (Å²) in [6, 6.07) is 3.91. The van der Waals surface area contributed by atoms with E-state index in [1.807, 2.05) is 26.1 Å². The van der Waals surface area contributed by atoms with Crippen LogP contribution in [0.2, 0.25) is 5.02 Å². The van der Waals surface area contributed by atoms with Crippen molar-refractivity contribution in [3.8, 4) is 0 Å². The first-order valence-electron chi connectivity index (χ1n) is 4.66. The first kappa shape index (κ1) is 9.53. The number of nitrogens with zero attached hydrogens (tertiary/aromatic N) is 1. The largest absolute Gasteiger partial charge is 0.315 e. The number of hydrogen-bond donors (Lipinski definition) is 0. The summed E-state index contributed by atoms with van der Waals surface area (Å²) in [5.74, 6) is 0.169. The maximum atomic E-state index is 11.5. The minimum atomic E-state index is 0.169. The van der Waals surface area contributed by atoms with E-state index in [2.05, 4.69) is 0 Å². The highest BCUT2D eigenvalue weighted by Gasteiger charge is 2.23. The third-order valence-electron chi connectivity index (χ3n) is 2.77. The summed E-state index contributed by atoms with van der Waals surface area (Å²) in [4.78, 5) is 13.2. The van der Waals surface area contributed by atoms with Crippen LogP contribution in [0.1, 0.15) is 17.5 Å². The SMILES string of the molecule is Cc1c(Cl)ccc2c1N(C)C(=O)CC2. The molecule has 0 saturated heterocycles. The van der Waals surface area contributed by atoms with Gasteiger partial charge in [-0.1, -0.05) is 17.7 Å². The van der Waals surface area contributed by atoms with Gasteiger partial charge in [0.05, 0.1) is 5.69 Å². The lowest BCUT2D eigenvalue weighted by atomic mass is 9.98. The van der Waals surface area contributed by atoms with E-state index >= 15 is 0 Å². The molecular weight excluding hydrogens is 198 g/mol. The summed E-state index contributed by atoms with van der Waals surface area (Å²) in [6.07, 6.45) is 1.43. The fraction of sp³-hybridized carbons (Fsp3) is 0.364. The van der Waals surface area contributed by atoms with Crippen LogP contribution in [0.15, 0.2) is 12.1 Å². The second kappa shape index (κ2) is 3.28. The molecule has 1 aromatic rings. The molecule has 0 spiro atoms. The molecule has 0 bridgehead atoms. The summed E-state index contributed by atoms with van der Waals surface area (Å²) in [5, 5.41) is 0.727. The molecule has 1 amide bonds. The zero-order valence-corrected chi connectivity index (χ0v) is 9.06. The molecular formula is C11H12ClNO. The van der Waals surface area contributed by atoms with Crippen LogP contribution >= 0.6 is 11.6 Å². The van der Waals surface area contributed by atoms with Crippen molar-refractivity contribution in [3.05, 3.63) is 28.3 Å². The van der Waals surface area contributed by atoms with Crippen LogP contribution in [0.5, 0.6) is 0 Å². The quantitative estimate of drug-likeness (QED) is 0.643. The van der Waals surface area contributed by atoms with E-state index in [0.29, 0.717) is 6.42 Å². The van der Waals surface area contributed by atoms with Crippen molar-refractivity contribution >= 4 is 23.2 Å². The van der Waals surface area contributed by atoms with Crippen LogP contribution in [0, 0.1) is 6.92 Å². The fourth-order valence-electron chi connectivity index (χ4n) is 1.93. The summed E-state index contributed by atoms with van der Waals surface area (Å²) >= 11 is 6.02. The van der Waals surface area contributed by atoms with Gasteiger partial charge in [0.15, 0.2) is 0 Å². The Morgan fingerprint density at radius 1 is 1.36 bits per heavy atom. The van der Waals surface area contributed by atoms with Crippen LogP contribution in [0.4, 0.5) is 5.69 Å². The second-order valence-electron chi connectivity index (χ2n) is 3.63. The van der Waals surface area contributed by atoms with Gasteiger partial charge in [-0.2, -0.15) is 0 Å². The van der Waals surface area contributed by atoms with Gasteiger partial charge in [0.1, 0.15) is 0 Å². The van der Waals surface area contributed by atoms with Crippen molar-refractivity contribution in [2.24, 2.45) is 0 Å². The molecule has 0 aliphatic carbocycles. The van der Waals surface area contributed by atoms with Gasteiger partial charge < -0.3 is 4.90 Å². The molecule has 0 atom stereocenters. The van der Waals surface area contributed by atoms with Crippen LogP contribution in [0.3, 0.4) is 0 Å². The molecule has 2 nitrogen and oxygen atoms in total. The Kier molecular flexibility index (Phi) is 2.23. The van der Waals surface area contributed by atoms with E-state index in [4.69, 9.17) is 11.6 Å². The highest BCUT2D eigenvalue weighted by molar-refractivity contribution is 6.32. The van der Waals surface area contributed by atoms with E-state index in [1.54, 1.807) is 4.90 Å². The second-order valence-corrected chi connectivity index (χ2v) is 4.04. The molecule has 2 rings (SSSR count). The molecule has 3 heteroatoms. The monoisotopic (exact) mass is 209 g/mol. The zero-order valence-electron chi connectivity index (χ0n) is 8.30. The van der Waals surface area contributed by atoms with E-state index < -0.39 is 0 Å². The van der Waals surface area contributed by atoms with Crippen molar-refractivity contribution < 1.29 is 4.79 Å². The predicted octanol–water partition coefficient (Wildman–Crippen LogP) is 2.56. The summed E-state index contributed by atoms with van der Waals surface area (Å²) in [5.41, 5.74) is 3.21. The van der Waals surface area contributed by atoms with Gasteiger partial charge in [-0.05, 0) is 30.5 Å². The van der Waals surface area contributed by atoms with Crippen molar-refractivity contribution in [1.82, 2.24) is 0 Å². The standard InChI is InChI=1S/C11H12ClNO/c1-7-9(12)5-3-8-4-6-10(14)13(2)11(7)8/h3,5H,4,6H2,1-2H3. The highest BCUT2D eigenvalue weighted by Crippen LogP contribution is 2.33. The Hall–Kier alpha value is -1.02. The van der Waals surface area contributed by atoms with Crippen LogP contribution in [-0.2, 0) is 11.2 Å². The number of fused-ring (bicyclic) bond motifs is 1. The number of carbonyl (C=O) groups is 1. The number of anilines is 1. The minimum Gasteiger partial charge on any atom is -0.315 e. The summed E-state index contributed by atoms with van der Waals surface area (Å²) in [7, 11) is 1.81. The maximum absolute atomic E-state index is 11.5. The predicted molar refractivity (Wildman–Crippen MR) is 57.9 cm³/mol. The Bertz CT molecular complexity index is 401. The average Bonchev–Trinajstić information content (AvgIpc) is 2.17. The highest BCUT2D eigenvalue weighted by atomic mass is 35.5. The molecule has 0 unspecified atom stereocenters. The van der Waals surface area contributed by atoms with E-state index in [-0.39, 0.29) is 5.91 Å². The van der Waals surface area contributed by atoms with Crippen LogP contribution in [0.25, 0.3) is 0 Å². The van der Waals surface area contributed by atoms with Crippen molar-refractivity contribution in [1.29, 1.82) is 0 Å². The fourth-order valence-corrected chi connectivity index (χ4v) is 2.09. The Balaban J connectivity index is 2.62. The number of hydrogen-bond acceptors (Lipinski definition) is 1. The van der Waals surface area contributed by atoms with Gasteiger partial charge in [-0.25, -0.2) is 0 Å². The van der Waals surface area contributed by atoms with Crippen molar-refractivity contribution in [2.75, 3.05) is 11.9 Å². The summed E-state index contributed by atoms with van der Waals surface area (Å²) in [6.45, 7) is 1.95. The lowest BCUT2D eigenvalue weighted by molar-refractivity contribution is -0.118. The normalized spacial score (nSPS) is 15.6. The number of benzene rings is 1.